The lowest BCUT2D eigenvalue weighted by atomic mass is 10.1. The highest BCUT2D eigenvalue weighted by Crippen LogP contribution is 2.32. The largest absolute Gasteiger partial charge is 0.416 e. The first-order valence-electron chi connectivity index (χ1n) is 7.38. The molecule has 2 aromatic carbocycles. The number of halogens is 3. The summed E-state index contributed by atoms with van der Waals surface area (Å²) in [6, 6.07) is 8.83. The molecule has 0 saturated carbocycles. The minimum absolute atomic E-state index is 0.0602. The van der Waals surface area contributed by atoms with E-state index in [0.29, 0.717) is 11.4 Å². The summed E-state index contributed by atoms with van der Waals surface area (Å²) in [7, 11) is 0. The van der Waals surface area contributed by atoms with Crippen molar-refractivity contribution in [1.29, 1.82) is 5.41 Å². The SMILES string of the molecule is N=C(NC(=O)c1ccc2c(c1)NC(=O)CS2)c1cccc(C(F)(F)F)c1. The lowest BCUT2D eigenvalue weighted by Gasteiger charge is -2.17. The molecule has 0 radical (unpaired) electrons. The van der Waals surface area contributed by atoms with Gasteiger partial charge in [0.05, 0.1) is 17.0 Å². The number of anilines is 1. The van der Waals surface area contributed by atoms with Crippen LogP contribution in [0.25, 0.3) is 0 Å². The maximum absolute atomic E-state index is 12.8. The van der Waals surface area contributed by atoms with Crippen molar-refractivity contribution < 1.29 is 22.8 Å². The van der Waals surface area contributed by atoms with Crippen LogP contribution in [0, 0.1) is 5.41 Å². The van der Waals surface area contributed by atoms with E-state index in [0.717, 1.165) is 17.0 Å². The number of amides is 2. The summed E-state index contributed by atoms with van der Waals surface area (Å²) in [5.74, 6) is -0.993. The van der Waals surface area contributed by atoms with Crippen molar-refractivity contribution in [2.24, 2.45) is 0 Å². The zero-order valence-electron chi connectivity index (χ0n) is 13.1. The zero-order chi connectivity index (χ0) is 18.9. The second kappa shape index (κ2) is 6.83. The quantitative estimate of drug-likeness (QED) is 0.552. The van der Waals surface area contributed by atoms with E-state index in [1.54, 1.807) is 6.07 Å². The van der Waals surface area contributed by atoms with E-state index in [2.05, 4.69) is 10.6 Å². The number of amidine groups is 1. The van der Waals surface area contributed by atoms with Crippen LogP contribution in [0.3, 0.4) is 0 Å². The minimum atomic E-state index is -4.53. The molecule has 0 fully saturated rings. The molecule has 2 aromatic rings. The van der Waals surface area contributed by atoms with E-state index in [4.69, 9.17) is 5.41 Å². The number of hydrogen-bond acceptors (Lipinski definition) is 4. The predicted octanol–water partition coefficient (Wildman–Crippen LogP) is 3.50. The molecule has 9 heteroatoms. The Labute approximate surface area is 150 Å². The van der Waals surface area contributed by atoms with Crippen molar-refractivity contribution in [1.82, 2.24) is 5.32 Å². The molecule has 0 bridgehead atoms. The Balaban J connectivity index is 1.77. The number of carbonyl (C=O) groups is 2. The molecule has 0 spiro atoms. The number of rotatable bonds is 2. The molecular formula is C17H12F3N3O2S. The maximum Gasteiger partial charge on any atom is 0.416 e. The average molecular weight is 379 g/mol. The van der Waals surface area contributed by atoms with Crippen molar-refractivity contribution in [2.75, 3.05) is 11.1 Å². The summed E-state index contributed by atoms with van der Waals surface area (Å²) in [6.07, 6.45) is -4.53. The van der Waals surface area contributed by atoms with Gasteiger partial charge in [0.2, 0.25) is 5.91 Å². The van der Waals surface area contributed by atoms with Crippen LogP contribution in [0.1, 0.15) is 21.5 Å². The first kappa shape index (κ1) is 18.0. The van der Waals surface area contributed by atoms with Crippen LogP contribution >= 0.6 is 11.8 Å². The maximum atomic E-state index is 12.8. The van der Waals surface area contributed by atoms with Crippen LogP contribution in [0.4, 0.5) is 18.9 Å². The van der Waals surface area contributed by atoms with Gasteiger partial charge in [-0.2, -0.15) is 13.2 Å². The number of thioether (sulfide) groups is 1. The van der Waals surface area contributed by atoms with Gasteiger partial charge in [-0.25, -0.2) is 0 Å². The normalized spacial score (nSPS) is 13.6. The van der Waals surface area contributed by atoms with Gasteiger partial charge in [0.1, 0.15) is 5.84 Å². The molecule has 0 atom stereocenters. The van der Waals surface area contributed by atoms with Gasteiger partial charge in [0.15, 0.2) is 0 Å². The number of nitrogens with one attached hydrogen (secondary N) is 3. The van der Waals surface area contributed by atoms with Crippen molar-refractivity contribution in [3.05, 3.63) is 59.2 Å². The van der Waals surface area contributed by atoms with Gasteiger partial charge >= 0.3 is 6.18 Å². The molecule has 1 aliphatic rings. The molecule has 134 valence electrons. The number of carbonyl (C=O) groups excluding carboxylic acids is 2. The third kappa shape index (κ3) is 3.88. The molecule has 5 nitrogen and oxygen atoms in total. The summed E-state index contributed by atoms with van der Waals surface area (Å²) < 4.78 is 38.3. The summed E-state index contributed by atoms with van der Waals surface area (Å²) in [5, 5.41) is 12.8. The van der Waals surface area contributed by atoms with Crippen LogP contribution in [-0.2, 0) is 11.0 Å². The molecule has 2 amide bonds. The summed E-state index contributed by atoms with van der Waals surface area (Å²) in [4.78, 5) is 24.5. The smallest absolute Gasteiger partial charge is 0.324 e. The van der Waals surface area contributed by atoms with Gasteiger partial charge in [-0.05, 0) is 30.3 Å². The van der Waals surface area contributed by atoms with Gasteiger partial charge in [-0.3, -0.25) is 15.0 Å². The Morgan fingerprint density at radius 2 is 1.92 bits per heavy atom. The van der Waals surface area contributed by atoms with Gasteiger partial charge in [-0.15, -0.1) is 11.8 Å². The number of fused-ring (bicyclic) bond motifs is 1. The third-order valence-corrected chi connectivity index (χ3v) is 4.67. The van der Waals surface area contributed by atoms with Crippen molar-refractivity contribution in [3.63, 3.8) is 0 Å². The minimum Gasteiger partial charge on any atom is -0.324 e. The molecule has 3 N–H and O–H groups in total. The molecule has 3 rings (SSSR count). The second-order valence-electron chi connectivity index (χ2n) is 5.46. The van der Waals surface area contributed by atoms with Crippen molar-refractivity contribution in [2.45, 2.75) is 11.1 Å². The fourth-order valence-corrected chi connectivity index (χ4v) is 3.12. The molecule has 0 saturated heterocycles. The molecule has 1 aliphatic heterocycles. The number of alkyl halides is 3. The lowest BCUT2D eigenvalue weighted by Crippen LogP contribution is -2.31. The van der Waals surface area contributed by atoms with Crippen LogP contribution in [0.2, 0.25) is 0 Å². The fraction of sp³-hybridized carbons (Fsp3) is 0.118. The standard InChI is InChI=1S/C17H12F3N3O2S/c18-17(19,20)11-3-1-2-9(6-11)15(21)23-16(25)10-4-5-13-12(7-10)22-14(24)8-26-13/h1-7H,8H2,(H,22,24)(H2,21,23,25). The summed E-state index contributed by atoms with van der Waals surface area (Å²) >= 11 is 1.34. The Bertz CT molecular complexity index is 912. The van der Waals surface area contributed by atoms with Gasteiger partial charge < -0.3 is 10.6 Å². The lowest BCUT2D eigenvalue weighted by molar-refractivity contribution is -0.137. The highest BCUT2D eigenvalue weighted by atomic mass is 32.2. The van der Waals surface area contributed by atoms with E-state index < -0.39 is 23.5 Å². The van der Waals surface area contributed by atoms with Crippen molar-refractivity contribution in [3.8, 4) is 0 Å². The third-order valence-electron chi connectivity index (χ3n) is 3.59. The predicted molar refractivity (Wildman–Crippen MR) is 91.5 cm³/mol. The molecule has 1 heterocycles. The van der Waals surface area contributed by atoms with E-state index in [9.17, 15) is 22.8 Å². The second-order valence-corrected chi connectivity index (χ2v) is 6.47. The van der Waals surface area contributed by atoms with Crippen LogP contribution in [0.5, 0.6) is 0 Å². The molecule has 0 aliphatic carbocycles. The average Bonchev–Trinajstić information content (AvgIpc) is 2.60. The highest BCUT2D eigenvalue weighted by Gasteiger charge is 2.30. The molecular weight excluding hydrogens is 367 g/mol. The van der Waals surface area contributed by atoms with Crippen molar-refractivity contribution >= 4 is 35.1 Å². The summed E-state index contributed by atoms with van der Waals surface area (Å²) in [5.41, 5.74) is -0.287. The van der Waals surface area contributed by atoms with Gasteiger partial charge in [-0.1, -0.05) is 12.1 Å². The zero-order valence-corrected chi connectivity index (χ0v) is 13.9. The summed E-state index contributed by atoms with van der Waals surface area (Å²) in [6.45, 7) is 0. The number of benzene rings is 2. The van der Waals surface area contributed by atoms with E-state index in [1.807, 2.05) is 0 Å². The van der Waals surface area contributed by atoms with Crippen LogP contribution < -0.4 is 10.6 Å². The molecule has 26 heavy (non-hydrogen) atoms. The fourth-order valence-electron chi connectivity index (χ4n) is 2.33. The van der Waals surface area contributed by atoms with E-state index in [-0.39, 0.29) is 17.0 Å². The Kier molecular flexibility index (Phi) is 4.73. The first-order chi connectivity index (χ1) is 12.2. The van der Waals surface area contributed by atoms with Crippen LogP contribution in [-0.4, -0.2) is 23.4 Å². The van der Waals surface area contributed by atoms with E-state index in [1.165, 1.54) is 36.0 Å². The Hall–Kier alpha value is -2.81. The number of hydrogen-bond donors (Lipinski definition) is 3. The Morgan fingerprint density at radius 1 is 1.15 bits per heavy atom. The van der Waals surface area contributed by atoms with Gasteiger partial charge in [0.25, 0.3) is 5.91 Å². The topological polar surface area (TPSA) is 82.1 Å². The Morgan fingerprint density at radius 3 is 2.65 bits per heavy atom. The molecule has 0 unspecified atom stereocenters. The van der Waals surface area contributed by atoms with Gasteiger partial charge in [0, 0.05) is 16.0 Å². The first-order valence-corrected chi connectivity index (χ1v) is 8.37. The monoisotopic (exact) mass is 379 g/mol. The highest BCUT2D eigenvalue weighted by molar-refractivity contribution is 8.00. The van der Waals surface area contributed by atoms with Crippen LogP contribution in [0.15, 0.2) is 47.4 Å². The molecule has 0 aromatic heterocycles. The van der Waals surface area contributed by atoms with E-state index >= 15 is 0 Å².